The molecule has 0 radical (unpaired) electrons. The Morgan fingerprint density at radius 1 is 1.21 bits per heavy atom. The molecule has 0 atom stereocenters. The lowest BCUT2D eigenvalue weighted by Gasteiger charge is -2.09. The van der Waals surface area contributed by atoms with Crippen LogP contribution in [0.4, 0.5) is 13.2 Å². The molecule has 1 aliphatic rings. The average Bonchev–Trinajstić information content (AvgIpc) is 3.04. The third-order valence-electron chi connectivity index (χ3n) is 4.68. The van der Waals surface area contributed by atoms with E-state index in [2.05, 4.69) is 4.98 Å². The van der Waals surface area contributed by atoms with Crippen LogP contribution in [0.25, 0.3) is 22.6 Å². The van der Waals surface area contributed by atoms with Crippen molar-refractivity contribution >= 4 is 22.6 Å². The topological polar surface area (TPSA) is 44.1 Å². The van der Waals surface area contributed by atoms with Gasteiger partial charge in [0.1, 0.15) is 11.6 Å². The molecule has 4 nitrogen and oxygen atoms in total. The van der Waals surface area contributed by atoms with Gasteiger partial charge in [-0.3, -0.25) is 9.36 Å². The van der Waals surface area contributed by atoms with E-state index < -0.39 is 11.7 Å². The summed E-state index contributed by atoms with van der Waals surface area (Å²) in [5.41, 5.74) is 0.616. The maximum Gasteiger partial charge on any atom is 0.416 e. The van der Waals surface area contributed by atoms with Gasteiger partial charge >= 0.3 is 6.18 Å². The molecule has 4 rings (SSSR count). The number of alkyl halides is 3. The molecule has 144 valence electrons. The van der Waals surface area contributed by atoms with Crippen molar-refractivity contribution in [2.75, 3.05) is 6.61 Å². The van der Waals surface area contributed by atoms with Crippen molar-refractivity contribution in [3.63, 3.8) is 0 Å². The molecule has 0 fully saturated rings. The maximum absolute atomic E-state index is 13.0. The molecular formula is C21H17F3N2O2. The number of benzene rings is 2. The van der Waals surface area contributed by atoms with E-state index in [0.717, 1.165) is 29.0 Å². The van der Waals surface area contributed by atoms with Gasteiger partial charge in [-0.2, -0.15) is 13.2 Å². The average molecular weight is 386 g/mol. The first-order valence-corrected chi connectivity index (χ1v) is 8.92. The predicted octanol–water partition coefficient (Wildman–Crippen LogP) is 4.76. The quantitative estimate of drug-likeness (QED) is 0.652. The maximum atomic E-state index is 13.0. The summed E-state index contributed by atoms with van der Waals surface area (Å²) < 4.78 is 46.1. The number of hydrogen-bond acceptors (Lipinski definition) is 3. The lowest BCUT2D eigenvalue weighted by atomic mass is 10.1. The van der Waals surface area contributed by atoms with Crippen molar-refractivity contribution < 1.29 is 17.9 Å². The number of hydrogen-bond donors (Lipinski definition) is 0. The van der Waals surface area contributed by atoms with Gasteiger partial charge in [0, 0.05) is 6.54 Å². The van der Waals surface area contributed by atoms with Gasteiger partial charge in [-0.05, 0) is 60.9 Å². The molecule has 28 heavy (non-hydrogen) atoms. The number of ether oxygens (including phenoxy) is 1. The number of aromatic nitrogens is 2. The molecule has 0 saturated carbocycles. The third-order valence-corrected chi connectivity index (χ3v) is 4.68. The van der Waals surface area contributed by atoms with Crippen LogP contribution in [0.2, 0.25) is 0 Å². The summed E-state index contributed by atoms with van der Waals surface area (Å²) in [6.07, 6.45) is -2.00. The summed E-state index contributed by atoms with van der Waals surface area (Å²) in [7, 11) is 0. The minimum Gasteiger partial charge on any atom is -0.494 e. The van der Waals surface area contributed by atoms with Gasteiger partial charge in [-0.1, -0.05) is 12.1 Å². The summed E-state index contributed by atoms with van der Waals surface area (Å²) in [4.78, 5) is 17.1. The summed E-state index contributed by atoms with van der Waals surface area (Å²) >= 11 is 0. The van der Waals surface area contributed by atoms with Gasteiger partial charge in [-0.25, -0.2) is 4.98 Å². The van der Waals surface area contributed by atoms with Gasteiger partial charge in [0.2, 0.25) is 0 Å². The number of fused-ring (bicyclic) bond motifs is 2. The van der Waals surface area contributed by atoms with Gasteiger partial charge in [0.05, 0.1) is 23.1 Å². The zero-order chi connectivity index (χ0) is 19.9. The molecule has 2 aromatic carbocycles. The van der Waals surface area contributed by atoms with Gasteiger partial charge < -0.3 is 4.74 Å². The minimum atomic E-state index is -4.48. The Balaban J connectivity index is 1.82. The monoisotopic (exact) mass is 386 g/mol. The molecule has 0 amide bonds. The number of halogens is 3. The van der Waals surface area contributed by atoms with E-state index >= 15 is 0 Å². The van der Waals surface area contributed by atoms with E-state index in [1.165, 1.54) is 10.6 Å². The van der Waals surface area contributed by atoms with Crippen LogP contribution in [0.15, 0.2) is 47.3 Å². The van der Waals surface area contributed by atoms with Crippen molar-refractivity contribution in [2.24, 2.45) is 0 Å². The molecule has 0 unspecified atom stereocenters. The van der Waals surface area contributed by atoms with Crippen molar-refractivity contribution in [3.8, 4) is 5.75 Å². The smallest absolute Gasteiger partial charge is 0.416 e. The summed E-state index contributed by atoms with van der Waals surface area (Å²) in [6.45, 7) is 2.90. The Hall–Kier alpha value is -3.09. The second kappa shape index (κ2) is 6.82. The molecule has 0 aliphatic carbocycles. The van der Waals surface area contributed by atoms with E-state index in [1.54, 1.807) is 0 Å². The normalized spacial score (nSPS) is 15.2. The van der Waals surface area contributed by atoms with E-state index in [9.17, 15) is 18.0 Å². The molecule has 0 N–H and O–H groups in total. The van der Waals surface area contributed by atoms with Gasteiger partial charge in [-0.15, -0.1) is 0 Å². The van der Waals surface area contributed by atoms with Gasteiger partial charge in [0.15, 0.2) is 0 Å². The predicted molar refractivity (Wildman–Crippen MR) is 101 cm³/mol. The van der Waals surface area contributed by atoms with Crippen molar-refractivity contribution in [2.45, 2.75) is 26.1 Å². The van der Waals surface area contributed by atoms with Crippen molar-refractivity contribution in [3.05, 3.63) is 69.8 Å². The molecule has 0 saturated heterocycles. The second-order valence-corrected chi connectivity index (χ2v) is 6.55. The highest BCUT2D eigenvalue weighted by Gasteiger charge is 2.31. The lowest BCUT2D eigenvalue weighted by molar-refractivity contribution is -0.137. The van der Waals surface area contributed by atoms with Crippen LogP contribution in [0, 0.1) is 0 Å². The standard InChI is InChI=1S/C21H17F3N2O2/c1-2-28-16-5-3-4-13(11-16)10-14-8-9-26-19(14)25-18-12-15(21(22,23)24)6-7-17(18)20(26)27/h3-7,10-12H,2,8-9H2,1H3/b14-10-. The summed E-state index contributed by atoms with van der Waals surface area (Å²) in [6, 6.07) is 10.5. The minimum absolute atomic E-state index is 0.0574. The Kier molecular flexibility index (Phi) is 4.45. The van der Waals surface area contributed by atoms with Crippen LogP contribution in [0.5, 0.6) is 5.75 Å². The Morgan fingerprint density at radius 3 is 2.79 bits per heavy atom. The highest BCUT2D eigenvalue weighted by atomic mass is 19.4. The lowest BCUT2D eigenvalue weighted by Crippen LogP contribution is -2.21. The third kappa shape index (κ3) is 3.28. The molecule has 0 bridgehead atoms. The summed E-state index contributed by atoms with van der Waals surface area (Å²) in [5, 5.41) is 0.191. The fraction of sp³-hybridized carbons (Fsp3) is 0.238. The molecule has 1 aliphatic heterocycles. The molecule has 3 aromatic rings. The zero-order valence-corrected chi connectivity index (χ0v) is 15.1. The van der Waals surface area contributed by atoms with Gasteiger partial charge in [0.25, 0.3) is 5.56 Å². The number of nitrogens with zero attached hydrogens (tertiary/aromatic N) is 2. The second-order valence-electron chi connectivity index (χ2n) is 6.55. The van der Waals surface area contributed by atoms with Crippen LogP contribution >= 0.6 is 0 Å². The first kappa shape index (κ1) is 18.3. The van der Waals surface area contributed by atoms with E-state index in [0.29, 0.717) is 25.4 Å². The first-order valence-electron chi connectivity index (χ1n) is 8.92. The largest absolute Gasteiger partial charge is 0.494 e. The van der Waals surface area contributed by atoms with E-state index in [-0.39, 0.29) is 16.5 Å². The fourth-order valence-electron chi connectivity index (χ4n) is 3.39. The first-order chi connectivity index (χ1) is 13.4. The SMILES string of the molecule is CCOc1cccc(/C=C2/CCn3c2nc2cc(C(F)(F)F)ccc2c3=O)c1. The molecule has 7 heteroatoms. The van der Waals surface area contributed by atoms with Crippen LogP contribution in [0.1, 0.15) is 30.3 Å². The fourth-order valence-corrected chi connectivity index (χ4v) is 3.39. The van der Waals surface area contributed by atoms with Crippen LogP contribution in [-0.2, 0) is 12.7 Å². The van der Waals surface area contributed by atoms with Crippen molar-refractivity contribution in [1.82, 2.24) is 9.55 Å². The van der Waals surface area contributed by atoms with Crippen LogP contribution in [-0.4, -0.2) is 16.2 Å². The molecule has 0 spiro atoms. The van der Waals surface area contributed by atoms with Crippen molar-refractivity contribution in [1.29, 1.82) is 0 Å². The molecule has 2 heterocycles. The van der Waals surface area contributed by atoms with Crippen LogP contribution in [0.3, 0.4) is 0 Å². The Bertz CT molecular complexity index is 1150. The number of allylic oxidation sites excluding steroid dienone is 1. The highest BCUT2D eigenvalue weighted by Crippen LogP contribution is 2.32. The highest BCUT2D eigenvalue weighted by molar-refractivity contribution is 5.85. The summed E-state index contributed by atoms with van der Waals surface area (Å²) in [5.74, 6) is 1.15. The Morgan fingerprint density at radius 2 is 2.04 bits per heavy atom. The Labute approximate surface area is 158 Å². The van der Waals surface area contributed by atoms with E-state index in [4.69, 9.17) is 4.74 Å². The molecule has 1 aromatic heterocycles. The number of rotatable bonds is 3. The van der Waals surface area contributed by atoms with Crippen LogP contribution < -0.4 is 10.3 Å². The zero-order valence-electron chi connectivity index (χ0n) is 15.1. The molecular weight excluding hydrogens is 369 g/mol. The van der Waals surface area contributed by atoms with E-state index in [1.807, 2.05) is 37.3 Å².